The van der Waals surface area contributed by atoms with Crippen LogP contribution < -0.4 is 11.1 Å². The number of hydrogen-bond donors (Lipinski definition) is 2. The maximum atomic E-state index is 11.7. The van der Waals surface area contributed by atoms with Crippen LogP contribution in [0.5, 0.6) is 0 Å². The topological polar surface area (TPSA) is 67.6 Å². The number of amides is 1. The number of nitrogens with two attached hydrogens (primary N) is 1. The van der Waals surface area contributed by atoms with Gasteiger partial charge in [0.2, 0.25) is 0 Å². The van der Waals surface area contributed by atoms with Crippen LogP contribution in [0, 0.1) is 0 Å². The lowest BCUT2D eigenvalue weighted by Crippen LogP contribution is -2.43. The molecular weight excluding hydrogens is 242 g/mol. The Hall–Kier alpha value is -1.59. The Morgan fingerprint density at radius 1 is 1.42 bits per heavy atom. The highest BCUT2D eigenvalue weighted by Gasteiger charge is 2.22. The van der Waals surface area contributed by atoms with Crippen LogP contribution in [0.25, 0.3) is 0 Å². The van der Waals surface area contributed by atoms with Gasteiger partial charge in [-0.05, 0) is 45.6 Å². The molecule has 0 aliphatic rings. The van der Waals surface area contributed by atoms with E-state index < -0.39 is 6.09 Å². The van der Waals surface area contributed by atoms with E-state index in [1.807, 2.05) is 51.0 Å². The van der Waals surface area contributed by atoms with Crippen LogP contribution in [0.3, 0.4) is 0 Å². The first-order valence-electron chi connectivity index (χ1n) is 6.25. The lowest BCUT2D eigenvalue weighted by molar-refractivity contribution is 0.0775. The third-order valence-electron chi connectivity index (χ3n) is 3.18. The number of ether oxygens (including phenoxy) is 1. The van der Waals surface area contributed by atoms with E-state index in [4.69, 9.17) is 10.5 Å². The molecule has 0 heterocycles. The number of anilines is 1. The second-order valence-electron chi connectivity index (χ2n) is 5.31. The molecule has 0 aliphatic heterocycles. The lowest BCUT2D eigenvalue weighted by Gasteiger charge is -2.31. The summed E-state index contributed by atoms with van der Waals surface area (Å²) in [7, 11) is 3.90. The highest BCUT2D eigenvalue weighted by molar-refractivity contribution is 5.84. The van der Waals surface area contributed by atoms with Crippen LogP contribution in [0.4, 0.5) is 10.5 Å². The standard InChI is InChI=1S/C14H23N3O2/c1-14(2,17(3)4)10-19-13(18)16-12-7-5-6-11(8-12)9-15/h5-8H,9-10,15H2,1-4H3,(H,16,18). The van der Waals surface area contributed by atoms with E-state index >= 15 is 0 Å². The fraction of sp³-hybridized carbons (Fsp3) is 0.500. The zero-order valence-corrected chi connectivity index (χ0v) is 12.1. The first-order valence-corrected chi connectivity index (χ1v) is 6.25. The number of nitrogens with zero attached hydrogens (tertiary/aromatic N) is 1. The predicted molar refractivity (Wildman–Crippen MR) is 77.1 cm³/mol. The van der Waals surface area contributed by atoms with Gasteiger partial charge in [0, 0.05) is 17.8 Å². The molecule has 0 atom stereocenters. The monoisotopic (exact) mass is 265 g/mol. The summed E-state index contributed by atoms with van der Waals surface area (Å²) in [6, 6.07) is 7.39. The van der Waals surface area contributed by atoms with E-state index in [1.165, 1.54) is 0 Å². The van der Waals surface area contributed by atoms with Crippen LogP contribution in [0.2, 0.25) is 0 Å². The first kappa shape index (κ1) is 15.5. The van der Waals surface area contributed by atoms with Gasteiger partial charge in [0.1, 0.15) is 6.61 Å². The summed E-state index contributed by atoms with van der Waals surface area (Å²) in [5, 5.41) is 2.69. The van der Waals surface area contributed by atoms with E-state index in [0.29, 0.717) is 18.8 Å². The third-order valence-corrected chi connectivity index (χ3v) is 3.18. The molecule has 5 nitrogen and oxygen atoms in total. The van der Waals surface area contributed by atoms with Crippen molar-refractivity contribution in [1.29, 1.82) is 0 Å². The van der Waals surface area contributed by atoms with Gasteiger partial charge >= 0.3 is 6.09 Å². The quantitative estimate of drug-likeness (QED) is 0.855. The molecule has 1 amide bonds. The summed E-state index contributed by atoms with van der Waals surface area (Å²) in [5.74, 6) is 0. The Labute approximate surface area is 114 Å². The van der Waals surface area contributed by atoms with Crippen LogP contribution in [0.15, 0.2) is 24.3 Å². The van der Waals surface area contributed by atoms with Crippen molar-refractivity contribution < 1.29 is 9.53 Å². The van der Waals surface area contributed by atoms with Gasteiger partial charge in [0.15, 0.2) is 0 Å². The zero-order valence-electron chi connectivity index (χ0n) is 12.1. The summed E-state index contributed by atoms with van der Waals surface area (Å²) >= 11 is 0. The lowest BCUT2D eigenvalue weighted by atomic mass is 10.1. The average molecular weight is 265 g/mol. The molecule has 106 valence electrons. The maximum absolute atomic E-state index is 11.7. The molecule has 0 fully saturated rings. The van der Waals surface area contributed by atoms with Crippen LogP contribution in [0.1, 0.15) is 19.4 Å². The molecule has 0 radical (unpaired) electrons. The molecule has 0 aliphatic carbocycles. The third kappa shape index (κ3) is 4.89. The van der Waals surface area contributed by atoms with Gasteiger partial charge in [-0.3, -0.25) is 5.32 Å². The minimum absolute atomic E-state index is 0.198. The Bertz CT molecular complexity index is 430. The van der Waals surface area contributed by atoms with Crippen molar-refractivity contribution in [3.63, 3.8) is 0 Å². The van der Waals surface area contributed by atoms with Crippen molar-refractivity contribution in [2.24, 2.45) is 5.73 Å². The van der Waals surface area contributed by atoms with Crippen molar-refractivity contribution in [3.05, 3.63) is 29.8 Å². The number of carbonyl (C=O) groups excluding carboxylic acids is 1. The number of carbonyl (C=O) groups is 1. The highest BCUT2D eigenvalue weighted by atomic mass is 16.5. The van der Waals surface area contributed by atoms with E-state index in [1.54, 1.807) is 6.07 Å². The molecule has 1 aromatic rings. The number of likely N-dealkylation sites (N-methyl/N-ethyl adjacent to an activating group) is 1. The normalized spacial score (nSPS) is 11.5. The predicted octanol–water partition coefficient (Wildman–Crippen LogP) is 2.03. The van der Waals surface area contributed by atoms with Gasteiger partial charge < -0.3 is 15.4 Å². The SMILES string of the molecule is CN(C)C(C)(C)COC(=O)Nc1cccc(CN)c1. The second kappa shape index (κ2) is 6.54. The van der Waals surface area contributed by atoms with Gasteiger partial charge in [-0.1, -0.05) is 12.1 Å². The molecule has 5 heteroatoms. The molecule has 0 bridgehead atoms. The summed E-state index contributed by atoms with van der Waals surface area (Å²) in [6.07, 6.45) is -0.455. The van der Waals surface area contributed by atoms with E-state index in [-0.39, 0.29) is 5.54 Å². The number of nitrogens with one attached hydrogen (secondary N) is 1. The molecule has 3 N–H and O–H groups in total. The van der Waals surface area contributed by atoms with Crippen LogP contribution in [-0.2, 0) is 11.3 Å². The highest BCUT2D eigenvalue weighted by Crippen LogP contribution is 2.13. The van der Waals surface area contributed by atoms with E-state index in [9.17, 15) is 4.79 Å². The summed E-state index contributed by atoms with van der Waals surface area (Å²) < 4.78 is 5.22. The molecule has 0 saturated heterocycles. The van der Waals surface area contributed by atoms with Crippen LogP contribution >= 0.6 is 0 Å². The van der Waals surface area contributed by atoms with Gasteiger partial charge in [-0.2, -0.15) is 0 Å². The van der Waals surface area contributed by atoms with Crippen molar-refractivity contribution >= 4 is 11.8 Å². The number of rotatable bonds is 5. The molecule has 0 aromatic heterocycles. The van der Waals surface area contributed by atoms with E-state index in [2.05, 4.69) is 5.32 Å². The molecular formula is C14H23N3O2. The molecule has 1 rings (SSSR count). The smallest absolute Gasteiger partial charge is 0.411 e. The Kier molecular flexibility index (Phi) is 5.32. The zero-order chi connectivity index (χ0) is 14.5. The number of benzene rings is 1. The Morgan fingerprint density at radius 2 is 2.11 bits per heavy atom. The average Bonchev–Trinajstić information content (AvgIpc) is 2.36. The Balaban J connectivity index is 2.51. The summed E-state index contributed by atoms with van der Waals surface area (Å²) in [6.45, 7) is 4.78. The fourth-order valence-electron chi connectivity index (χ4n) is 1.30. The van der Waals surface area contributed by atoms with Crippen molar-refractivity contribution in [1.82, 2.24) is 4.90 Å². The van der Waals surface area contributed by atoms with Crippen molar-refractivity contribution in [2.45, 2.75) is 25.9 Å². The van der Waals surface area contributed by atoms with Crippen molar-refractivity contribution in [3.8, 4) is 0 Å². The number of hydrogen-bond acceptors (Lipinski definition) is 4. The molecule has 0 unspecified atom stereocenters. The van der Waals surface area contributed by atoms with Crippen LogP contribution in [-0.4, -0.2) is 37.2 Å². The van der Waals surface area contributed by atoms with Crippen molar-refractivity contribution in [2.75, 3.05) is 26.0 Å². The van der Waals surface area contributed by atoms with Gasteiger partial charge in [-0.25, -0.2) is 4.79 Å². The molecule has 0 spiro atoms. The summed E-state index contributed by atoms with van der Waals surface area (Å²) in [4.78, 5) is 13.7. The Morgan fingerprint density at radius 3 is 2.68 bits per heavy atom. The maximum Gasteiger partial charge on any atom is 0.411 e. The van der Waals surface area contributed by atoms with E-state index in [0.717, 1.165) is 5.56 Å². The molecule has 19 heavy (non-hydrogen) atoms. The summed E-state index contributed by atoms with van der Waals surface area (Å²) in [5.41, 5.74) is 7.01. The molecule has 1 aromatic carbocycles. The second-order valence-corrected chi connectivity index (χ2v) is 5.31. The first-order chi connectivity index (χ1) is 8.85. The fourth-order valence-corrected chi connectivity index (χ4v) is 1.30. The minimum Gasteiger partial charge on any atom is -0.447 e. The molecule has 0 saturated carbocycles. The van der Waals surface area contributed by atoms with Gasteiger partial charge in [0.25, 0.3) is 0 Å². The minimum atomic E-state index is -0.455. The largest absolute Gasteiger partial charge is 0.447 e. The van der Waals surface area contributed by atoms with Gasteiger partial charge in [0.05, 0.1) is 0 Å². The van der Waals surface area contributed by atoms with Gasteiger partial charge in [-0.15, -0.1) is 0 Å².